The van der Waals surface area contributed by atoms with Crippen LogP contribution in [0.4, 0.5) is 0 Å². The number of aromatic nitrogens is 2. The number of rotatable bonds is 2. The monoisotopic (exact) mass is 322 g/mol. The first kappa shape index (κ1) is 14.6. The minimum atomic E-state index is 0.0797. The predicted octanol–water partition coefficient (Wildman–Crippen LogP) is 4.63. The predicted molar refractivity (Wildman–Crippen MR) is 84.5 cm³/mol. The summed E-state index contributed by atoms with van der Waals surface area (Å²) >= 11 is 12.5. The van der Waals surface area contributed by atoms with Crippen molar-refractivity contribution in [1.82, 2.24) is 9.97 Å². The second-order valence-electron chi connectivity index (χ2n) is 5.55. The standard InChI is InChI=1S/C16H16Cl2N2O/c1-9(2)13-14(17)19-16(20-15(13)18)11-7-10-5-3-4-6-12(10)21-8-11/h3-6,9,11H,7-8H2,1-2H3. The van der Waals surface area contributed by atoms with E-state index in [4.69, 9.17) is 27.9 Å². The molecule has 110 valence electrons. The molecule has 1 aromatic heterocycles. The fraction of sp³-hybridized carbons (Fsp3) is 0.375. The van der Waals surface area contributed by atoms with E-state index in [1.807, 2.05) is 32.0 Å². The summed E-state index contributed by atoms with van der Waals surface area (Å²) < 4.78 is 5.78. The van der Waals surface area contributed by atoms with Gasteiger partial charge in [-0.25, -0.2) is 9.97 Å². The molecule has 21 heavy (non-hydrogen) atoms. The molecule has 1 aliphatic heterocycles. The van der Waals surface area contributed by atoms with Crippen LogP contribution in [0.25, 0.3) is 0 Å². The third kappa shape index (κ3) is 2.85. The first-order valence-corrected chi connectivity index (χ1v) is 7.75. The normalized spacial score (nSPS) is 17.5. The molecule has 0 fully saturated rings. The number of hydrogen-bond donors (Lipinski definition) is 0. The molecule has 3 rings (SSSR count). The first-order chi connectivity index (χ1) is 10.1. The molecule has 0 spiro atoms. The minimum Gasteiger partial charge on any atom is -0.493 e. The molecule has 0 saturated heterocycles. The van der Waals surface area contributed by atoms with E-state index in [0.29, 0.717) is 22.7 Å². The van der Waals surface area contributed by atoms with Crippen molar-refractivity contribution in [2.75, 3.05) is 6.61 Å². The molecule has 2 aromatic rings. The van der Waals surface area contributed by atoms with Gasteiger partial charge >= 0.3 is 0 Å². The maximum absolute atomic E-state index is 6.27. The van der Waals surface area contributed by atoms with Gasteiger partial charge in [0.25, 0.3) is 0 Å². The Labute approximate surface area is 134 Å². The van der Waals surface area contributed by atoms with Crippen LogP contribution >= 0.6 is 23.2 Å². The fourth-order valence-electron chi connectivity index (χ4n) is 2.58. The van der Waals surface area contributed by atoms with Gasteiger partial charge in [-0.3, -0.25) is 0 Å². The smallest absolute Gasteiger partial charge is 0.138 e. The number of para-hydroxylation sites is 1. The Bertz CT molecular complexity index is 650. The third-order valence-corrected chi connectivity index (χ3v) is 4.27. The number of fused-ring (bicyclic) bond motifs is 1. The van der Waals surface area contributed by atoms with Crippen LogP contribution in [-0.2, 0) is 6.42 Å². The highest BCUT2D eigenvalue weighted by atomic mass is 35.5. The molecule has 0 aliphatic carbocycles. The Hall–Kier alpha value is -1.32. The van der Waals surface area contributed by atoms with Crippen molar-refractivity contribution < 1.29 is 4.74 Å². The van der Waals surface area contributed by atoms with Gasteiger partial charge in [0, 0.05) is 5.56 Å². The summed E-state index contributed by atoms with van der Waals surface area (Å²) in [5.74, 6) is 1.87. The summed E-state index contributed by atoms with van der Waals surface area (Å²) in [7, 11) is 0. The lowest BCUT2D eigenvalue weighted by atomic mass is 9.96. The molecule has 2 heterocycles. The molecule has 1 atom stereocenters. The summed E-state index contributed by atoms with van der Waals surface area (Å²) in [6, 6.07) is 8.02. The molecule has 0 saturated carbocycles. The largest absolute Gasteiger partial charge is 0.493 e. The molecule has 1 aliphatic rings. The van der Waals surface area contributed by atoms with Crippen LogP contribution in [0.1, 0.15) is 42.6 Å². The molecule has 3 nitrogen and oxygen atoms in total. The van der Waals surface area contributed by atoms with Gasteiger partial charge in [-0.1, -0.05) is 55.2 Å². The maximum atomic E-state index is 6.27. The van der Waals surface area contributed by atoms with Crippen molar-refractivity contribution in [1.29, 1.82) is 0 Å². The van der Waals surface area contributed by atoms with E-state index in [-0.39, 0.29) is 11.8 Å². The number of nitrogens with zero attached hydrogens (tertiary/aromatic N) is 2. The van der Waals surface area contributed by atoms with Gasteiger partial charge in [-0.05, 0) is 24.0 Å². The Morgan fingerprint density at radius 3 is 2.48 bits per heavy atom. The summed E-state index contributed by atoms with van der Waals surface area (Å²) in [5.41, 5.74) is 1.97. The average molecular weight is 323 g/mol. The van der Waals surface area contributed by atoms with Crippen molar-refractivity contribution in [3.63, 3.8) is 0 Å². The second kappa shape index (κ2) is 5.82. The van der Waals surface area contributed by atoms with Crippen LogP contribution in [0.2, 0.25) is 10.3 Å². The summed E-state index contributed by atoms with van der Waals surface area (Å²) in [5, 5.41) is 0.887. The number of halogens is 2. The van der Waals surface area contributed by atoms with E-state index in [1.54, 1.807) is 0 Å². The van der Waals surface area contributed by atoms with Gasteiger partial charge in [0.2, 0.25) is 0 Å². The van der Waals surface area contributed by atoms with Crippen LogP contribution < -0.4 is 4.74 Å². The van der Waals surface area contributed by atoms with Crippen LogP contribution in [0.3, 0.4) is 0 Å². The minimum absolute atomic E-state index is 0.0797. The van der Waals surface area contributed by atoms with Crippen LogP contribution in [-0.4, -0.2) is 16.6 Å². The zero-order valence-corrected chi connectivity index (χ0v) is 13.4. The van der Waals surface area contributed by atoms with E-state index >= 15 is 0 Å². The fourth-order valence-corrected chi connectivity index (χ4v) is 3.42. The zero-order valence-electron chi connectivity index (χ0n) is 11.9. The second-order valence-corrected chi connectivity index (χ2v) is 6.27. The zero-order chi connectivity index (χ0) is 15.0. The Morgan fingerprint density at radius 1 is 1.14 bits per heavy atom. The number of ether oxygens (including phenoxy) is 1. The van der Waals surface area contributed by atoms with E-state index in [0.717, 1.165) is 23.3 Å². The lowest BCUT2D eigenvalue weighted by Gasteiger charge is -2.24. The molecule has 5 heteroatoms. The van der Waals surface area contributed by atoms with E-state index in [1.165, 1.54) is 0 Å². The van der Waals surface area contributed by atoms with Crippen LogP contribution in [0.5, 0.6) is 5.75 Å². The van der Waals surface area contributed by atoms with Crippen molar-refractivity contribution >= 4 is 23.2 Å². The Morgan fingerprint density at radius 2 is 1.81 bits per heavy atom. The topological polar surface area (TPSA) is 35.0 Å². The highest BCUT2D eigenvalue weighted by Gasteiger charge is 2.25. The van der Waals surface area contributed by atoms with Crippen molar-refractivity contribution in [2.24, 2.45) is 0 Å². The van der Waals surface area contributed by atoms with Gasteiger partial charge in [-0.2, -0.15) is 0 Å². The molecule has 1 aromatic carbocycles. The van der Waals surface area contributed by atoms with Gasteiger partial charge in [0.1, 0.15) is 21.9 Å². The summed E-state index contributed by atoms with van der Waals surface area (Å²) in [4.78, 5) is 8.88. The van der Waals surface area contributed by atoms with Gasteiger partial charge < -0.3 is 4.74 Å². The number of hydrogen-bond acceptors (Lipinski definition) is 3. The molecular formula is C16H16Cl2N2O. The molecule has 0 amide bonds. The molecule has 1 unspecified atom stereocenters. The SMILES string of the molecule is CC(C)c1c(Cl)nc(C2COc3ccccc3C2)nc1Cl. The van der Waals surface area contributed by atoms with Crippen LogP contribution in [0.15, 0.2) is 24.3 Å². The van der Waals surface area contributed by atoms with Gasteiger partial charge in [0.05, 0.1) is 12.5 Å². The van der Waals surface area contributed by atoms with Crippen molar-refractivity contribution in [2.45, 2.75) is 32.1 Å². The maximum Gasteiger partial charge on any atom is 0.138 e. The quantitative estimate of drug-likeness (QED) is 0.756. The van der Waals surface area contributed by atoms with Gasteiger partial charge in [-0.15, -0.1) is 0 Å². The van der Waals surface area contributed by atoms with Crippen molar-refractivity contribution in [3.8, 4) is 5.75 Å². The highest BCUT2D eigenvalue weighted by Crippen LogP contribution is 2.34. The number of benzene rings is 1. The molecule has 0 bridgehead atoms. The van der Waals surface area contributed by atoms with E-state index < -0.39 is 0 Å². The summed E-state index contributed by atoms with van der Waals surface area (Å²) in [6.45, 7) is 4.59. The lowest BCUT2D eigenvalue weighted by Crippen LogP contribution is -2.21. The van der Waals surface area contributed by atoms with Crippen LogP contribution in [0, 0.1) is 0 Å². The molecule has 0 N–H and O–H groups in total. The molecule has 0 radical (unpaired) electrons. The third-order valence-electron chi connectivity index (χ3n) is 3.69. The molecular weight excluding hydrogens is 307 g/mol. The Balaban J connectivity index is 1.92. The first-order valence-electron chi connectivity index (χ1n) is 6.99. The lowest BCUT2D eigenvalue weighted by molar-refractivity contribution is 0.257. The Kier molecular flexibility index (Phi) is 4.05. The highest BCUT2D eigenvalue weighted by molar-refractivity contribution is 6.34. The summed E-state index contributed by atoms with van der Waals surface area (Å²) in [6.07, 6.45) is 0.837. The van der Waals surface area contributed by atoms with E-state index in [9.17, 15) is 0 Å². The van der Waals surface area contributed by atoms with Crippen molar-refractivity contribution in [3.05, 3.63) is 51.5 Å². The van der Waals surface area contributed by atoms with Gasteiger partial charge in [0.15, 0.2) is 0 Å². The van der Waals surface area contributed by atoms with E-state index in [2.05, 4.69) is 16.0 Å². The average Bonchev–Trinajstić information content (AvgIpc) is 2.45.